The van der Waals surface area contributed by atoms with Gasteiger partial charge in [0.15, 0.2) is 5.78 Å². The van der Waals surface area contributed by atoms with Crippen LogP contribution in [0.4, 0.5) is 0 Å². The first-order chi connectivity index (χ1) is 9.13. The van der Waals surface area contributed by atoms with E-state index in [-0.39, 0.29) is 5.78 Å². The molecule has 100 valence electrons. The third kappa shape index (κ3) is 3.11. The first-order valence-electron chi connectivity index (χ1n) is 6.79. The second-order valence-electron chi connectivity index (χ2n) is 4.78. The summed E-state index contributed by atoms with van der Waals surface area (Å²) in [4.78, 5) is 12.4. The summed E-state index contributed by atoms with van der Waals surface area (Å²) >= 11 is 0. The first kappa shape index (κ1) is 13.5. The van der Waals surface area contributed by atoms with E-state index in [0.29, 0.717) is 6.42 Å². The van der Waals surface area contributed by atoms with Gasteiger partial charge in [0, 0.05) is 13.0 Å². The van der Waals surface area contributed by atoms with Gasteiger partial charge in [-0.25, -0.2) is 0 Å². The molecule has 1 aromatic heterocycles. The lowest BCUT2D eigenvalue weighted by molar-refractivity contribution is 0.0983. The molecule has 0 N–H and O–H groups in total. The van der Waals surface area contributed by atoms with Crippen LogP contribution in [-0.4, -0.2) is 15.6 Å². The van der Waals surface area contributed by atoms with Gasteiger partial charge in [0.1, 0.15) is 5.69 Å². The predicted molar refractivity (Wildman–Crippen MR) is 76.5 cm³/mol. The van der Waals surface area contributed by atoms with Crippen molar-refractivity contribution in [2.45, 2.75) is 40.2 Å². The summed E-state index contributed by atoms with van der Waals surface area (Å²) < 4.78 is 1.80. The van der Waals surface area contributed by atoms with E-state index in [9.17, 15) is 4.79 Å². The van der Waals surface area contributed by atoms with Crippen LogP contribution in [0.3, 0.4) is 0 Å². The molecule has 0 atom stereocenters. The number of ketones is 1. The third-order valence-corrected chi connectivity index (χ3v) is 3.23. The number of benzene rings is 1. The van der Waals surface area contributed by atoms with E-state index in [2.05, 4.69) is 18.1 Å². The number of carbonyl (C=O) groups is 1. The average molecular weight is 256 g/mol. The highest BCUT2D eigenvalue weighted by molar-refractivity contribution is 5.96. The van der Waals surface area contributed by atoms with Crippen LogP contribution in [0.25, 0.3) is 0 Å². The molecule has 0 amide bonds. The Balaban J connectivity index is 2.22. The summed E-state index contributed by atoms with van der Waals surface area (Å²) in [5.74, 6) is 0.139. The van der Waals surface area contributed by atoms with E-state index < -0.39 is 0 Å². The first-order valence-corrected chi connectivity index (χ1v) is 6.79. The Morgan fingerprint density at radius 2 is 2.05 bits per heavy atom. The quantitative estimate of drug-likeness (QED) is 0.770. The average Bonchev–Trinajstić information content (AvgIpc) is 2.82. The standard InChI is InChI=1S/C16H20N2O/c1-4-14-11-15(18(5-2)17-14)16(19)10-13-8-6-7-12(3)9-13/h6-9,11H,4-5,10H2,1-3H3. The van der Waals surface area contributed by atoms with Gasteiger partial charge in [0.05, 0.1) is 5.69 Å². The topological polar surface area (TPSA) is 34.9 Å². The number of carbonyl (C=O) groups excluding carboxylic acids is 1. The molecular formula is C16H20N2O. The van der Waals surface area contributed by atoms with Crippen LogP contribution in [0.5, 0.6) is 0 Å². The van der Waals surface area contributed by atoms with Gasteiger partial charge >= 0.3 is 0 Å². The number of rotatable bonds is 5. The molecule has 0 spiro atoms. The van der Waals surface area contributed by atoms with Crippen molar-refractivity contribution in [1.82, 2.24) is 9.78 Å². The molecule has 0 aliphatic carbocycles. The molecule has 0 saturated heterocycles. The monoisotopic (exact) mass is 256 g/mol. The fourth-order valence-electron chi connectivity index (χ4n) is 2.21. The third-order valence-electron chi connectivity index (χ3n) is 3.23. The molecule has 0 unspecified atom stereocenters. The molecule has 3 heteroatoms. The molecule has 0 bridgehead atoms. The summed E-state index contributed by atoms with van der Waals surface area (Å²) in [6, 6.07) is 10.0. The summed E-state index contributed by atoms with van der Waals surface area (Å²) in [7, 11) is 0. The maximum absolute atomic E-state index is 12.4. The van der Waals surface area contributed by atoms with E-state index in [1.807, 2.05) is 38.1 Å². The Morgan fingerprint density at radius 3 is 2.68 bits per heavy atom. The molecule has 1 heterocycles. The normalized spacial score (nSPS) is 10.7. The van der Waals surface area contributed by atoms with Crippen molar-refractivity contribution < 1.29 is 4.79 Å². The van der Waals surface area contributed by atoms with Crippen LogP contribution in [-0.2, 0) is 19.4 Å². The molecule has 2 rings (SSSR count). The maximum atomic E-state index is 12.4. The summed E-state index contributed by atoms with van der Waals surface area (Å²) in [5, 5.41) is 4.42. The molecule has 0 aliphatic heterocycles. The van der Waals surface area contributed by atoms with Crippen LogP contribution in [0.1, 0.15) is 41.2 Å². The van der Waals surface area contributed by atoms with E-state index >= 15 is 0 Å². The van der Waals surface area contributed by atoms with Gasteiger partial charge in [0.25, 0.3) is 0 Å². The molecule has 19 heavy (non-hydrogen) atoms. The summed E-state index contributed by atoms with van der Waals surface area (Å²) in [6.07, 6.45) is 1.30. The van der Waals surface area contributed by atoms with Crippen molar-refractivity contribution >= 4 is 5.78 Å². The van der Waals surface area contributed by atoms with Gasteiger partial charge in [-0.3, -0.25) is 9.48 Å². The smallest absolute Gasteiger partial charge is 0.185 e. The molecule has 0 saturated carbocycles. The largest absolute Gasteiger partial charge is 0.292 e. The van der Waals surface area contributed by atoms with Crippen molar-refractivity contribution in [3.05, 3.63) is 52.8 Å². The van der Waals surface area contributed by atoms with Gasteiger partial charge in [0.2, 0.25) is 0 Å². The summed E-state index contributed by atoms with van der Waals surface area (Å²) in [5.41, 5.74) is 3.95. The molecule has 0 radical (unpaired) electrons. The Hall–Kier alpha value is -1.90. The Kier molecular flexibility index (Phi) is 4.15. The lowest BCUT2D eigenvalue weighted by atomic mass is 10.0. The van der Waals surface area contributed by atoms with Crippen LogP contribution in [0.15, 0.2) is 30.3 Å². The van der Waals surface area contributed by atoms with Crippen LogP contribution in [0, 0.1) is 6.92 Å². The molecule has 0 aliphatic rings. The van der Waals surface area contributed by atoms with Crippen molar-refractivity contribution in [1.29, 1.82) is 0 Å². The number of aryl methyl sites for hydroxylation is 3. The number of hydrogen-bond donors (Lipinski definition) is 0. The molecule has 3 nitrogen and oxygen atoms in total. The van der Waals surface area contributed by atoms with Gasteiger partial charge in [-0.2, -0.15) is 5.10 Å². The van der Waals surface area contributed by atoms with Gasteiger partial charge in [-0.15, -0.1) is 0 Å². The SMILES string of the molecule is CCc1cc(C(=O)Cc2cccc(C)c2)n(CC)n1. The van der Waals surface area contributed by atoms with Gasteiger partial charge < -0.3 is 0 Å². The van der Waals surface area contributed by atoms with E-state index in [1.54, 1.807) is 4.68 Å². The summed E-state index contributed by atoms with van der Waals surface area (Å²) in [6.45, 7) is 6.83. The fourth-order valence-corrected chi connectivity index (χ4v) is 2.21. The van der Waals surface area contributed by atoms with E-state index in [0.717, 1.165) is 29.9 Å². The fraction of sp³-hybridized carbons (Fsp3) is 0.375. The maximum Gasteiger partial charge on any atom is 0.185 e. The van der Waals surface area contributed by atoms with Crippen LogP contribution >= 0.6 is 0 Å². The van der Waals surface area contributed by atoms with Crippen LogP contribution in [0.2, 0.25) is 0 Å². The van der Waals surface area contributed by atoms with Gasteiger partial charge in [-0.1, -0.05) is 36.8 Å². The van der Waals surface area contributed by atoms with E-state index in [1.165, 1.54) is 5.56 Å². The van der Waals surface area contributed by atoms with Crippen molar-refractivity contribution in [2.75, 3.05) is 0 Å². The number of nitrogens with zero attached hydrogens (tertiary/aromatic N) is 2. The molecule has 0 fully saturated rings. The molecular weight excluding hydrogens is 236 g/mol. The predicted octanol–water partition coefficient (Wildman–Crippen LogP) is 3.20. The minimum atomic E-state index is 0.139. The van der Waals surface area contributed by atoms with Crippen molar-refractivity contribution in [3.63, 3.8) is 0 Å². The van der Waals surface area contributed by atoms with Crippen molar-refractivity contribution in [3.8, 4) is 0 Å². The minimum Gasteiger partial charge on any atom is -0.292 e. The van der Waals surface area contributed by atoms with E-state index in [4.69, 9.17) is 0 Å². The highest BCUT2D eigenvalue weighted by Gasteiger charge is 2.14. The lowest BCUT2D eigenvalue weighted by Crippen LogP contribution is -2.11. The molecule has 1 aromatic carbocycles. The second kappa shape index (κ2) is 5.83. The number of aromatic nitrogens is 2. The zero-order valence-electron chi connectivity index (χ0n) is 11.8. The van der Waals surface area contributed by atoms with Crippen molar-refractivity contribution in [2.24, 2.45) is 0 Å². The van der Waals surface area contributed by atoms with Crippen LogP contribution < -0.4 is 0 Å². The zero-order chi connectivity index (χ0) is 13.8. The lowest BCUT2D eigenvalue weighted by Gasteiger charge is -2.04. The highest BCUT2D eigenvalue weighted by atomic mass is 16.1. The minimum absolute atomic E-state index is 0.139. The molecule has 2 aromatic rings. The Labute approximate surface area is 114 Å². The highest BCUT2D eigenvalue weighted by Crippen LogP contribution is 2.12. The zero-order valence-corrected chi connectivity index (χ0v) is 11.8. The second-order valence-corrected chi connectivity index (χ2v) is 4.78. The number of Topliss-reactive ketones (excluding diaryl/α,β-unsaturated/α-hetero) is 1. The Morgan fingerprint density at radius 1 is 1.26 bits per heavy atom. The Bertz CT molecular complexity index is 584. The van der Waals surface area contributed by atoms with Gasteiger partial charge in [-0.05, 0) is 31.9 Å². The number of hydrogen-bond acceptors (Lipinski definition) is 2.